The fourth-order valence-corrected chi connectivity index (χ4v) is 3.65. The van der Waals surface area contributed by atoms with Gasteiger partial charge in [0.2, 0.25) is 0 Å². The van der Waals surface area contributed by atoms with E-state index in [1.165, 1.54) is 12.1 Å². The van der Waals surface area contributed by atoms with Crippen LogP contribution in [0, 0.1) is 5.82 Å². The van der Waals surface area contributed by atoms with Crippen LogP contribution in [0.4, 0.5) is 4.39 Å². The number of aromatic nitrogens is 4. The second kappa shape index (κ2) is 7.75. The van der Waals surface area contributed by atoms with E-state index in [4.69, 9.17) is 5.10 Å². The molecule has 0 N–H and O–H groups in total. The number of hydrogen-bond donors (Lipinski definition) is 0. The van der Waals surface area contributed by atoms with Gasteiger partial charge in [0.1, 0.15) is 5.82 Å². The lowest BCUT2D eigenvalue weighted by atomic mass is 10.0. The maximum absolute atomic E-state index is 13.4. The molecule has 0 amide bonds. The van der Waals surface area contributed by atoms with E-state index in [9.17, 15) is 9.18 Å². The zero-order valence-corrected chi connectivity index (χ0v) is 16.9. The van der Waals surface area contributed by atoms with E-state index < -0.39 is 0 Å². The Morgan fingerprint density at radius 2 is 1.90 bits per heavy atom. The molecule has 29 heavy (non-hydrogen) atoms. The first-order valence-electron chi connectivity index (χ1n) is 9.80. The van der Waals surface area contributed by atoms with Crippen molar-refractivity contribution < 1.29 is 4.39 Å². The Balaban J connectivity index is 1.85. The van der Waals surface area contributed by atoms with Crippen LogP contribution in [0.25, 0.3) is 27.7 Å². The topological polar surface area (TPSA) is 55.4 Å². The number of rotatable bonds is 6. The van der Waals surface area contributed by atoms with E-state index >= 15 is 0 Å². The molecule has 0 fully saturated rings. The molecule has 0 radical (unpaired) electrons. The molecule has 0 saturated carbocycles. The second-order valence-electron chi connectivity index (χ2n) is 7.45. The molecule has 7 heteroatoms. The largest absolute Gasteiger partial charge is 0.315 e. The van der Waals surface area contributed by atoms with Gasteiger partial charge in [-0.3, -0.25) is 4.79 Å². The summed E-state index contributed by atoms with van der Waals surface area (Å²) in [6, 6.07) is 8.26. The highest BCUT2D eigenvalue weighted by molar-refractivity contribution is 5.86. The van der Waals surface area contributed by atoms with Crippen molar-refractivity contribution in [2.45, 2.75) is 26.3 Å². The standard InChI is InChI=1S/C22H24FN5O/c1-4-18-20(15-6-8-16(23)9-7-15)21-24-14-17-19(28(21)25-18)10-13-27(22(17)29)12-5-11-26(2)3/h6-10,13-14H,4-5,11-12H2,1-3H3. The molecule has 0 aliphatic rings. The van der Waals surface area contributed by atoms with Crippen LogP contribution in [0.15, 0.2) is 47.5 Å². The zero-order valence-electron chi connectivity index (χ0n) is 16.9. The monoisotopic (exact) mass is 393 g/mol. The van der Waals surface area contributed by atoms with Gasteiger partial charge in [0.25, 0.3) is 5.56 Å². The number of benzene rings is 1. The summed E-state index contributed by atoms with van der Waals surface area (Å²) < 4.78 is 16.8. The molecule has 150 valence electrons. The van der Waals surface area contributed by atoms with Crippen molar-refractivity contribution in [3.63, 3.8) is 0 Å². The van der Waals surface area contributed by atoms with E-state index in [2.05, 4.69) is 9.88 Å². The van der Waals surface area contributed by atoms with Crippen LogP contribution in [0.3, 0.4) is 0 Å². The van der Waals surface area contributed by atoms with Gasteiger partial charge in [-0.15, -0.1) is 0 Å². The maximum Gasteiger partial charge on any atom is 0.261 e. The summed E-state index contributed by atoms with van der Waals surface area (Å²) in [6.45, 7) is 3.60. The van der Waals surface area contributed by atoms with Crippen LogP contribution in [0.1, 0.15) is 19.0 Å². The van der Waals surface area contributed by atoms with Crippen molar-refractivity contribution in [1.29, 1.82) is 0 Å². The van der Waals surface area contributed by atoms with Gasteiger partial charge in [0, 0.05) is 24.5 Å². The van der Waals surface area contributed by atoms with E-state index in [1.807, 2.05) is 33.3 Å². The van der Waals surface area contributed by atoms with Crippen LogP contribution in [-0.4, -0.2) is 44.7 Å². The highest BCUT2D eigenvalue weighted by Gasteiger charge is 2.17. The number of aryl methyl sites for hydroxylation is 2. The molecule has 0 unspecified atom stereocenters. The summed E-state index contributed by atoms with van der Waals surface area (Å²) in [5.74, 6) is -0.281. The van der Waals surface area contributed by atoms with Crippen molar-refractivity contribution in [3.05, 3.63) is 64.6 Å². The minimum absolute atomic E-state index is 0.0625. The predicted molar refractivity (Wildman–Crippen MR) is 113 cm³/mol. The van der Waals surface area contributed by atoms with Crippen LogP contribution in [0.5, 0.6) is 0 Å². The third-order valence-corrected chi connectivity index (χ3v) is 5.13. The molecule has 4 aromatic rings. The first-order valence-corrected chi connectivity index (χ1v) is 9.80. The lowest BCUT2D eigenvalue weighted by Gasteiger charge is -2.11. The number of halogens is 1. The van der Waals surface area contributed by atoms with Crippen LogP contribution in [-0.2, 0) is 13.0 Å². The van der Waals surface area contributed by atoms with Gasteiger partial charge in [-0.2, -0.15) is 5.10 Å². The van der Waals surface area contributed by atoms with Gasteiger partial charge in [-0.05, 0) is 57.2 Å². The Bertz CT molecular complexity index is 1220. The van der Waals surface area contributed by atoms with Gasteiger partial charge in [-0.25, -0.2) is 13.9 Å². The van der Waals surface area contributed by atoms with Crippen LogP contribution < -0.4 is 5.56 Å². The molecule has 3 aromatic heterocycles. The molecule has 6 nitrogen and oxygen atoms in total. The Hall–Kier alpha value is -3.06. The van der Waals surface area contributed by atoms with Gasteiger partial charge < -0.3 is 9.47 Å². The normalized spacial score (nSPS) is 11.8. The van der Waals surface area contributed by atoms with E-state index in [-0.39, 0.29) is 11.4 Å². The number of pyridine rings is 1. The quantitative estimate of drug-likeness (QED) is 0.504. The summed E-state index contributed by atoms with van der Waals surface area (Å²) in [5.41, 5.74) is 3.95. The lowest BCUT2D eigenvalue weighted by Crippen LogP contribution is -2.23. The SMILES string of the molecule is CCc1nn2c(ncc3c(=O)n(CCCN(C)C)ccc32)c1-c1ccc(F)cc1. The zero-order chi connectivity index (χ0) is 20.5. The molecule has 3 heterocycles. The summed E-state index contributed by atoms with van der Waals surface area (Å²) in [6.07, 6.45) is 5.05. The smallest absolute Gasteiger partial charge is 0.261 e. The molecular formula is C22H24FN5O. The third-order valence-electron chi connectivity index (χ3n) is 5.13. The van der Waals surface area contributed by atoms with Gasteiger partial charge >= 0.3 is 0 Å². The summed E-state index contributed by atoms with van der Waals surface area (Å²) >= 11 is 0. The molecule has 1 aromatic carbocycles. The third kappa shape index (κ3) is 3.53. The number of fused-ring (bicyclic) bond motifs is 3. The van der Waals surface area contributed by atoms with Crippen molar-refractivity contribution in [2.24, 2.45) is 0 Å². The summed E-state index contributed by atoms with van der Waals surface area (Å²) in [5, 5.41) is 5.26. The van der Waals surface area contributed by atoms with E-state index in [0.717, 1.165) is 35.3 Å². The first-order chi connectivity index (χ1) is 14.0. The molecule has 0 bridgehead atoms. The van der Waals surface area contributed by atoms with Crippen LogP contribution >= 0.6 is 0 Å². The molecule has 4 rings (SSSR count). The highest BCUT2D eigenvalue weighted by atomic mass is 19.1. The second-order valence-corrected chi connectivity index (χ2v) is 7.45. The molecule has 0 saturated heterocycles. The first kappa shape index (κ1) is 19.3. The number of hydrogen-bond acceptors (Lipinski definition) is 4. The fourth-order valence-electron chi connectivity index (χ4n) is 3.65. The average molecular weight is 393 g/mol. The van der Waals surface area contributed by atoms with Crippen molar-refractivity contribution in [2.75, 3.05) is 20.6 Å². The Morgan fingerprint density at radius 1 is 1.14 bits per heavy atom. The van der Waals surface area contributed by atoms with Crippen molar-refractivity contribution >= 4 is 16.6 Å². The minimum atomic E-state index is -0.281. The summed E-state index contributed by atoms with van der Waals surface area (Å²) in [4.78, 5) is 19.6. The Labute approximate surface area is 168 Å². The molecule has 0 spiro atoms. The average Bonchev–Trinajstić information content (AvgIpc) is 3.09. The molecule has 0 aliphatic heterocycles. The predicted octanol–water partition coefficient (Wildman–Crippen LogP) is 3.36. The van der Waals surface area contributed by atoms with Gasteiger partial charge in [-0.1, -0.05) is 19.1 Å². The maximum atomic E-state index is 13.4. The molecular weight excluding hydrogens is 369 g/mol. The minimum Gasteiger partial charge on any atom is -0.315 e. The lowest BCUT2D eigenvalue weighted by molar-refractivity contribution is 0.385. The highest BCUT2D eigenvalue weighted by Crippen LogP contribution is 2.29. The van der Waals surface area contributed by atoms with Crippen molar-refractivity contribution in [1.82, 2.24) is 24.1 Å². The Kier molecular flexibility index (Phi) is 5.15. The fraction of sp³-hybridized carbons (Fsp3) is 0.318. The van der Waals surface area contributed by atoms with Gasteiger partial charge in [0.15, 0.2) is 5.65 Å². The number of nitrogens with zero attached hydrogens (tertiary/aromatic N) is 5. The molecule has 0 atom stereocenters. The van der Waals surface area contributed by atoms with Crippen LogP contribution in [0.2, 0.25) is 0 Å². The van der Waals surface area contributed by atoms with Gasteiger partial charge in [0.05, 0.1) is 16.6 Å². The molecule has 0 aliphatic carbocycles. The van der Waals surface area contributed by atoms with Crippen molar-refractivity contribution in [3.8, 4) is 11.1 Å². The van der Waals surface area contributed by atoms with E-state index in [0.29, 0.717) is 24.0 Å². The Morgan fingerprint density at radius 3 is 2.59 bits per heavy atom. The summed E-state index contributed by atoms with van der Waals surface area (Å²) in [7, 11) is 4.04. The van der Waals surface area contributed by atoms with E-state index in [1.54, 1.807) is 27.4 Å².